The second kappa shape index (κ2) is 10.0. The van der Waals surface area contributed by atoms with E-state index in [9.17, 15) is 9.59 Å². The molecule has 7 nitrogen and oxygen atoms in total. The number of carbonyl (C=O) groups is 2. The van der Waals surface area contributed by atoms with Gasteiger partial charge >= 0.3 is 6.01 Å². The lowest BCUT2D eigenvalue weighted by atomic mass is 10.0. The number of hydrogen-bond acceptors (Lipinski definition) is 5. The number of benzene rings is 2. The summed E-state index contributed by atoms with van der Waals surface area (Å²) in [6.45, 7) is 5.59. The van der Waals surface area contributed by atoms with Crippen LogP contribution in [0.1, 0.15) is 29.8 Å². The van der Waals surface area contributed by atoms with E-state index >= 15 is 0 Å². The number of rotatable bonds is 7. The number of hydrogen-bond donors (Lipinski definition) is 2. The van der Waals surface area contributed by atoms with Crippen molar-refractivity contribution in [2.24, 2.45) is 5.92 Å². The van der Waals surface area contributed by atoms with E-state index in [1.807, 2.05) is 20.8 Å². The molecule has 1 heterocycles. The van der Waals surface area contributed by atoms with E-state index in [1.54, 1.807) is 60.9 Å². The third-order valence-electron chi connectivity index (χ3n) is 4.55. The van der Waals surface area contributed by atoms with E-state index in [0.29, 0.717) is 22.0 Å². The third-order valence-corrected chi connectivity index (χ3v) is 4.80. The first kappa shape index (κ1) is 22.2. The minimum atomic E-state index is -0.712. The van der Waals surface area contributed by atoms with Crippen LogP contribution < -0.4 is 15.4 Å². The Labute approximate surface area is 185 Å². The molecule has 0 bridgehead atoms. The molecule has 1 unspecified atom stereocenters. The lowest BCUT2D eigenvalue weighted by Gasteiger charge is -2.22. The van der Waals surface area contributed by atoms with Gasteiger partial charge in [-0.25, -0.2) is 9.97 Å². The van der Waals surface area contributed by atoms with Crippen LogP contribution in [0.5, 0.6) is 11.8 Å². The Morgan fingerprint density at radius 3 is 2.32 bits per heavy atom. The molecular weight excluding hydrogens is 416 g/mol. The molecule has 2 aromatic carbocycles. The van der Waals surface area contributed by atoms with E-state index in [-0.39, 0.29) is 23.7 Å². The average molecular weight is 439 g/mol. The monoisotopic (exact) mass is 438 g/mol. The van der Waals surface area contributed by atoms with Gasteiger partial charge in [0.2, 0.25) is 5.91 Å². The average Bonchev–Trinajstić information content (AvgIpc) is 2.74. The van der Waals surface area contributed by atoms with Gasteiger partial charge in [-0.2, -0.15) is 0 Å². The van der Waals surface area contributed by atoms with Crippen molar-refractivity contribution in [2.45, 2.75) is 26.8 Å². The van der Waals surface area contributed by atoms with E-state index < -0.39 is 6.04 Å². The molecule has 0 aliphatic carbocycles. The summed E-state index contributed by atoms with van der Waals surface area (Å²) < 4.78 is 5.61. The zero-order valence-corrected chi connectivity index (χ0v) is 18.2. The Hall–Kier alpha value is -3.45. The quantitative estimate of drug-likeness (QED) is 0.561. The smallest absolute Gasteiger partial charge is 0.321 e. The predicted molar refractivity (Wildman–Crippen MR) is 119 cm³/mol. The van der Waals surface area contributed by atoms with Crippen LogP contribution in [0.3, 0.4) is 0 Å². The highest BCUT2D eigenvalue weighted by atomic mass is 35.5. The second-order valence-electron chi connectivity index (χ2n) is 7.30. The van der Waals surface area contributed by atoms with Crippen LogP contribution in [0.2, 0.25) is 5.02 Å². The van der Waals surface area contributed by atoms with Crippen LogP contribution in [-0.2, 0) is 4.79 Å². The first-order valence-corrected chi connectivity index (χ1v) is 10.1. The molecule has 3 rings (SSSR count). The van der Waals surface area contributed by atoms with Crippen molar-refractivity contribution in [3.05, 3.63) is 77.1 Å². The number of nitrogens with zero attached hydrogens (tertiary/aromatic N) is 2. The van der Waals surface area contributed by atoms with Crippen molar-refractivity contribution < 1.29 is 14.3 Å². The summed E-state index contributed by atoms with van der Waals surface area (Å²) in [7, 11) is 0. The molecule has 160 valence electrons. The Morgan fingerprint density at radius 2 is 1.71 bits per heavy atom. The molecule has 0 saturated heterocycles. The van der Waals surface area contributed by atoms with E-state index in [1.165, 1.54) is 0 Å². The van der Waals surface area contributed by atoms with Crippen LogP contribution in [-0.4, -0.2) is 27.8 Å². The fourth-order valence-electron chi connectivity index (χ4n) is 2.85. The summed E-state index contributed by atoms with van der Waals surface area (Å²) in [5.41, 5.74) is 1.86. The van der Waals surface area contributed by atoms with Gasteiger partial charge in [0.25, 0.3) is 5.91 Å². The van der Waals surface area contributed by atoms with Crippen molar-refractivity contribution >= 4 is 29.1 Å². The maximum Gasteiger partial charge on any atom is 0.321 e. The number of anilines is 1. The number of amides is 2. The number of aromatic nitrogens is 2. The Morgan fingerprint density at radius 1 is 1.03 bits per heavy atom. The number of halogens is 1. The van der Waals surface area contributed by atoms with Gasteiger partial charge in [-0.05, 0) is 66.9 Å². The van der Waals surface area contributed by atoms with Gasteiger partial charge in [-0.3, -0.25) is 9.59 Å². The van der Waals surface area contributed by atoms with Crippen molar-refractivity contribution in [1.29, 1.82) is 0 Å². The molecule has 31 heavy (non-hydrogen) atoms. The van der Waals surface area contributed by atoms with Crippen LogP contribution in [0.15, 0.2) is 60.9 Å². The lowest BCUT2D eigenvalue weighted by Crippen LogP contribution is -2.47. The van der Waals surface area contributed by atoms with Gasteiger partial charge in [0, 0.05) is 28.7 Å². The summed E-state index contributed by atoms with van der Waals surface area (Å²) in [6.07, 6.45) is 3.18. The minimum absolute atomic E-state index is 0.116. The summed E-state index contributed by atoms with van der Waals surface area (Å²) in [6, 6.07) is 13.0. The molecule has 0 radical (unpaired) electrons. The van der Waals surface area contributed by atoms with Crippen molar-refractivity contribution in [1.82, 2.24) is 15.3 Å². The van der Waals surface area contributed by atoms with Crippen LogP contribution >= 0.6 is 11.6 Å². The molecule has 2 N–H and O–H groups in total. The first-order valence-electron chi connectivity index (χ1n) is 9.76. The largest absolute Gasteiger partial charge is 0.424 e. The van der Waals surface area contributed by atoms with Crippen LogP contribution in [0, 0.1) is 12.8 Å². The van der Waals surface area contributed by atoms with E-state index in [4.69, 9.17) is 16.3 Å². The lowest BCUT2D eigenvalue weighted by molar-refractivity contribution is -0.118. The third kappa shape index (κ3) is 6.02. The van der Waals surface area contributed by atoms with Gasteiger partial charge < -0.3 is 15.4 Å². The Balaban J connectivity index is 1.68. The summed E-state index contributed by atoms with van der Waals surface area (Å²) in [5.74, 6) is -0.207. The standard InChI is InChI=1S/C23H23ClN4O3/c1-14(2)20(28-21(29)16-5-7-17(24)8-6-16)22(30)27-19-10-9-18(13-15(19)3)31-23-25-11-4-12-26-23/h4-14,20H,1-3H3,(H,27,30)(H,28,29). The molecule has 0 saturated carbocycles. The number of nitrogens with one attached hydrogen (secondary N) is 2. The zero-order valence-electron chi connectivity index (χ0n) is 17.4. The molecule has 0 fully saturated rings. The molecule has 8 heteroatoms. The molecule has 0 aliphatic heterocycles. The number of ether oxygens (including phenoxy) is 1. The topological polar surface area (TPSA) is 93.2 Å². The van der Waals surface area contributed by atoms with Crippen LogP contribution in [0.25, 0.3) is 0 Å². The molecule has 3 aromatic rings. The van der Waals surface area contributed by atoms with Crippen LogP contribution in [0.4, 0.5) is 5.69 Å². The fourth-order valence-corrected chi connectivity index (χ4v) is 2.98. The summed E-state index contributed by atoms with van der Waals surface area (Å²) >= 11 is 5.87. The zero-order chi connectivity index (χ0) is 22.4. The molecule has 1 aromatic heterocycles. The molecule has 1 atom stereocenters. The van der Waals surface area contributed by atoms with Crippen molar-refractivity contribution in [3.63, 3.8) is 0 Å². The molecular formula is C23H23ClN4O3. The number of carbonyl (C=O) groups excluding carboxylic acids is 2. The highest BCUT2D eigenvalue weighted by Gasteiger charge is 2.25. The minimum Gasteiger partial charge on any atom is -0.424 e. The van der Waals surface area contributed by atoms with Crippen molar-refractivity contribution in [3.8, 4) is 11.8 Å². The van der Waals surface area contributed by atoms with Gasteiger partial charge in [-0.1, -0.05) is 25.4 Å². The Bertz CT molecular complexity index is 1060. The van der Waals surface area contributed by atoms with Crippen molar-refractivity contribution in [2.75, 3.05) is 5.32 Å². The number of aryl methyl sites for hydroxylation is 1. The normalized spacial score (nSPS) is 11.6. The molecule has 0 aliphatic rings. The predicted octanol–water partition coefficient (Wildman–Crippen LogP) is 4.62. The summed E-state index contributed by atoms with van der Waals surface area (Å²) in [4.78, 5) is 33.5. The second-order valence-corrected chi connectivity index (χ2v) is 7.74. The Kier molecular flexibility index (Phi) is 7.20. The highest BCUT2D eigenvalue weighted by molar-refractivity contribution is 6.30. The highest BCUT2D eigenvalue weighted by Crippen LogP contribution is 2.24. The van der Waals surface area contributed by atoms with Gasteiger partial charge in [0.1, 0.15) is 11.8 Å². The molecule has 0 spiro atoms. The van der Waals surface area contributed by atoms with Gasteiger partial charge in [0.05, 0.1) is 0 Å². The maximum absolute atomic E-state index is 12.9. The van der Waals surface area contributed by atoms with Gasteiger partial charge in [-0.15, -0.1) is 0 Å². The fraction of sp³-hybridized carbons (Fsp3) is 0.217. The maximum atomic E-state index is 12.9. The van der Waals surface area contributed by atoms with E-state index in [0.717, 1.165) is 5.56 Å². The summed E-state index contributed by atoms with van der Waals surface area (Å²) in [5, 5.41) is 6.23. The molecule has 2 amide bonds. The van der Waals surface area contributed by atoms with Gasteiger partial charge in [0.15, 0.2) is 0 Å². The van der Waals surface area contributed by atoms with E-state index in [2.05, 4.69) is 20.6 Å². The SMILES string of the molecule is Cc1cc(Oc2ncccn2)ccc1NC(=O)C(NC(=O)c1ccc(Cl)cc1)C(C)C. The first-order chi connectivity index (χ1) is 14.8.